The highest BCUT2D eigenvalue weighted by Gasteiger charge is 2.53. The molecule has 0 radical (unpaired) electrons. The molecule has 0 aliphatic carbocycles. The molecule has 1 aliphatic heterocycles. The molecular formula is C36H40BBrN4O8. The molecule has 0 unspecified atom stereocenters. The van der Waals surface area contributed by atoms with E-state index in [2.05, 4.69) is 36.2 Å². The van der Waals surface area contributed by atoms with Gasteiger partial charge in [0.05, 0.1) is 58.2 Å². The number of H-pyrrole nitrogens is 2. The first-order valence-electron chi connectivity index (χ1n) is 15.8. The lowest BCUT2D eigenvalue weighted by molar-refractivity contribution is 0.00578. The van der Waals surface area contributed by atoms with Gasteiger partial charge in [0.25, 0.3) is 0 Å². The summed E-state index contributed by atoms with van der Waals surface area (Å²) >= 11 is 3.29. The number of ether oxygens (including phenoxy) is 2. The molecular weight excluding hydrogens is 707 g/mol. The Morgan fingerprint density at radius 2 is 1.24 bits per heavy atom. The first-order valence-corrected chi connectivity index (χ1v) is 16.6. The van der Waals surface area contributed by atoms with Gasteiger partial charge in [-0.1, -0.05) is 10.3 Å². The Balaban J connectivity index is 0.000000148. The number of carbonyl (C=O) groups is 2. The lowest BCUT2D eigenvalue weighted by Crippen LogP contribution is -2.41. The minimum Gasteiger partial charge on any atom is -0.497 e. The third-order valence-corrected chi connectivity index (χ3v) is 9.77. The van der Waals surface area contributed by atoms with E-state index >= 15 is 0 Å². The number of nitrogens with zero attached hydrogens (tertiary/aromatic N) is 2. The van der Waals surface area contributed by atoms with Crippen molar-refractivity contribution >= 4 is 62.9 Å². The normalized spacial score (nSPS) is 14.6. The first kappa shape index (κ1) is 36.6. The van der Waals surface area contributed by atoms with Gasteiger partial charge in [-0.05, 0) is 108 Å². The molecule has 2 N–H and O–H groups in total. The van der Waals surface area contributed by atoms with Crippen LogP contribution in [0.15, 0.2) is 50.0 Å². The maximum absolute atomic E-state index is 11.5. The second kappa shape index (κ2) is 14.3. The van der Waals surface area contributed by atoms with Crippen molar-refractivity contribution in [1.29, 1.82) is 0 Å². The van der Waals surface area contributed by atoms with Crippen LogP contribution in [0.5, 0.6) is 11.5 Å². The number of rotatable bonds is 6. The van der Waals surface area contributed by atoms with Crippen LogP contribution in [-0.2, 0) is 9.31 Å². The van der Waals surface area contributed by atoms with Crippen LogP contribution in [0.1, 0.15) is 71.3 Å². The Morgan fingerprint density at radius 1 is 0.740 bits per heavy atom. The third kappa shape index (κ3) is 6.87. The molecule has 14 heteroatoms. The lowest BCUT2D eigenvalue weighted by atomic mass is 9.77. The van der Waals surface area contributed by atoms with Gasteiger partial charge >= 0.3 is 7.12 Å². The number of aryl methyl sites for hydroxylation is 4. The van der Waals surface area contributed by atoms with Gasteiger partial charge in [-0.3, -0.25) is 9.59 Å². The predicted molar refractivity (Wildman–Crippen MR) is 195 cm³/mol. The van der Waals surface area contributed by atoms with E-state index in [0.29, 0.717) is 27.2 Å². The number of carbonyl (C=O) groups excluding carboxylic acids is 2. The number of hydrogen-bond acceptors (Lipinski definition) is 10. The van der Waals surface area contributed by atoms with Gasteiger partial charge in [0.15, 0.2) is 12.6 Å². The van der Waals surface area contributed by atoms with Crippen molar-refractivity contribution in [3.8, 4) is 22.8 Å². The standard InChI is InChI=1S/C15H14N2O3.C11H18BNO3.C10H8BrNO2/c1-8-14(9(2)20-17-8)15-12(7-18)11-6-10(19-3)4-5-13(11)16-15;1-7-9(8(2)14-13-7)12-15-10(3,4)11(5,6)16-12;1-14-6-2-3-9-7(4-6)8(5-13)10(11)12-9/h4-7,16H,1-3H3;1-6H3;2-5,12H,1H3. The summed E-state index contributed by atoms with van der Waals surface area (Å²) in [6, 6.07) is 11.1. The topological polar surface area (TPSA) is 155 Å². The minimum atomic E-state index is -0.378. The number of aldehydes is 2. The summed E-state index contributed by atoms with van der Waals surface area (Å²) in [5.41, 5.74) is 6.43. The number of methoxy groups -OCH3 is 2. The van der Waals surface area contributed by atoms with Crippen molar-refractivity contribution in [2.75, 3.05) is 14.2 Å². The molecule has 0 amide bonds. The molecule has 5 heterocycles. The molecule has 0 spiro atoms. The summed E-state index contributed by atoms with van der Waals surface area (Å²) in [6.45, 7) is 15.6. The van der Waals surface area contributed by atoms with Crippen LogP contribution in [0, 0.1) is 27.7 Å². The number of halogens is 1. The number of benzene rings is 2. The Morgan fingerprint density at radius 3 is 1.70 bits per heavy atom. The van der Waals surface area contributed by atoms with Crippen molar-refractivity contribution in [3.63, 3.8) is 0 Å². The van der Waals surface area contributed by atoms with Crippen molar-refractivity contribution in [2.24, 2.45) is 0 Å². The van der Waals surface area contributed by atoms with E-state index in [1.165, 1.54) is 0 Å². The van der Waals surface area contributed by atoms with Gasteiger partial charge < -0.3 is 37.8 Å². The predicted octanol–water partition coefficient (Wildman–Crippen LogP) is 7.60. The van der Waals surface area contributed by atoms with Crippen LogP contribution in [0.4, 0.5) is 0 Å². The maximum atomic E-state index is 11.5. The highest BCUT2D eigenvalue weighted by atomic mass is 79.9. The van der Waals surface area contributed by atoms with E-state index in [0.717, 1.165) is 74.0 Å². The number of hydrogen-bond donors (Lipinski definition) is 2. The highest BCUT2D eigenvalue weighted by molar-refractivity contribution is 9.10. The van der Waals surface area contributed by atoms with Crippen LogP contribution in [0.25, 0.3) is 33.1 Å². The van der Waals surface area contributed by atoms with E-state index < -0.39 is 0 Å². The van der Waals surface area contributed by atoms with E-state index in [-0.39, 0.29) is 18.3 Å². The number of aromatic nitrogens is 4. The number of aromatic amines is 2. The molecule has 12 nitrogen and oxygen atoms in total. The van der Waals surface area contributed by atoms with E-state index in [4.69, 9.17) is 27.8 Å². The monoisotopic (exact) mass is 746 g/mol. The van der Waals surface area contributed by atoms with E-state index in [9.17, 15) is 9.59 Å². The first-order chi connectivity index (χ1) is 23.7. The quantitative estimate of drug-likeness (QED) is 0.129. The van der Waals surface area contributed by atoms with Crippen molar-refractivity contribution < 1.29 is 37.4 Å². The minimum absolute atomic E-state index is 0.326. The van der Waals surface area contributed by atoms with Crippen molar-refractivity contribution in [1.82, 2.24) is 20.3 Å². The summed E-state index contributed by atoms with van der Waals surface area (Å²) < 4.78 is 33.2. The van der Waals surface area contributed by atoms with Crippen LogP contribution in [0.3, 0.4) is 0 Å². The van der Waals surface area contributed by atoms with E-state index in [1.807, 2.05) is 91.8 Å². The molecule has 0 atom stereocenters. The number of fused-ring (bicyclic) bond motifs is 2. The molecule has 4 aromatic heterocycles. The Bertz CT molecular complexity index is 2120. The fourth-order valence-electron chi connectivity index (χ4n) is 5.67. The zero-order valence-corrected chi connectivity index (χ0v) is 31.3. The molecule has 262 valence electrons. The number of nitrogens with one attached hydrogen (secondary N) is 2. The zero-order chi connectivity index (χ0) is 36.5. The van der Waals surface area contributed by atoms with Gasteiger partial charge in [0.1, 0.15) is 23.0 Å². The van der Waals surface area contributed by atoms with E-state index in [1.54, 1.807) is 14.2 Å². The molecule has 0 bridgehead atoms. The maximum Gasteiger partial charge on any atom is 0.500 e. The molecule has 2 aromatic carbocycles. The van der Waals surface area contributed by atoms with Crippen LogP contribution >= 0.6 is 15.9 Å². The largest absolute Gasteiger partial charge is 0.500 e. The second-order valence-corrected chi connectivity index (χ2v) is 13.6. The summed E-state index contributed by atoms with van der Waals surface area (Å²) in [5.74, 6) is 2.90. The van der Waals surface area contributed by atoms with Gasteiger partial charge in [-0.25, -0.2) is 0 Å². The molecule has 0 saturated carbocycles. The Labute approximate surface area is 298 Å². The fourth-order valence-corrected chi connectivity index (χ4v) is 6.19. The average molecular weight is 747 g/mol. The summed E-state index contributed by atoms with van der Waals surface area (Å²) in [7, 11) is 2.82. The average Bonchev–Trinajstić information content (AvgIpc) is 3.84. The lowest BCUT2D eigenvalue weighted by Gasteiger charge is -2.32. The molecule has 50 heavy (non-hydrogen) atoms. The van der Waals surface area contributed by atoms with Gasteiger partial charge in [-0.15, -0.1) is 0 Å². The highest BCUT2D eigenvalue weighted by Crippen LogP contribution is 2.37. The van der Waals surface area contributed by atoms with Crippen LogP contribution in [-0.4, -0.2) is 65.4 Å². The Hall–Kier alpha value is -4.66. The van der Waals surface area contributed by atoms with Gasteiger partial charge in [0.2, 0.25) is 0 Å². The van der Waals surface area contributed by atoms with Crippen LogP contribution < -0.4 is 14.9 Å². The summed E-state index contributed by atoms with van der Waals surface area (Å²) in [4.78, 5) is 28.6. The zero-order valence-electron chi connectivity index (χ0n) is 29.7. The summed E-state index contributed by atoms with van der Waals surface area (Å²) in [6.07, 6.45) is 1.67. The molecule has 1 saturated heterocycles. The second-order valence-electron chi connectivity index (χ2n) is 12.9. The van der Waals surface area contributed by atoms with Crippen LogP contribution in [0.2, 0.25) is 0 Å². The molecule has 1 aliphatic rings. The fraction of sp³-hybridized carbons (Fsp3) is 0.333. The van der Waals surface area contributed by atoms with Crippen molar-refractivity contribution in [3.05, 3.63) is 75.0 Å². The third-order valence-electron chi connectivity index (χ3n) is 9.14. The Kier molecular flexibility index (Phi) is 10.5. The molecule has 6 aromatic rings. The molecule has 7 rings (SSSR count). The smallest absolute Gasteiger partial charge is 0.497 e. The molecule has 1 fully saturated rings. The summed E-state index contributed by atoms with van der Waals surface area (Å²) in [5, 5.41) is 9.55. The van der Waals surface area contributed by atoms with Gasteiger partial charge in [-0.2, -0.15) is 0 Å². The SMILES string of the molecule is COc1ccc2[nH]c(-c3c(C)noc3C)c(C=O)c2c1.COc1ccc2[nH]c(Br)c(C=O)c2c1.Cc1noc(C)c1B1OC(C)(C)C(C)(C)O1. The van der Waals surface area contributed by atoms with Crippen molar-refractivity contribution in [2.45, 2.75) is 66.6 Å². The van der Waals surface area contributed by atoms with Gasteiger partial charge in [0, 0.05) is 32.8 Å².